The molecule has 1 unspecified atom stereocenters. The first kappa shape index (κ1) is 14.0. The van der Waals surface area contributed by atoms with Crippen molar-refractivity contribution in [2.24, 2.45) is 0 Å². The Kier molecular flexibility index (Phi) is 4.93. The van der Waals surface area contributed by atoms with E-state index in [1.165, 1.54) is 5.56 Å². The molecule has 0 radical (unpaired) electrons. The number of anilines is 1. The van der Waals surface area contributed by atoms with Crippen LogP contribution in [0.15, 0.2) is 47.2 Å². The lowest BCUT2D eigenvalue weighted by atomic mass is 9.99. The van der Waals surface area contributed by atoms with E-state index in [4.69, 9.17) is 5.73 Å². The van der Waals surface area contributed by atoms with E-state index in [1.807, 2.05) is 24.4 Å². The van der Waals surface area contributed by atoms with Crippen LogP contribution < -0.4 is 11.1 Å². The van der Waals surface area contributed by atoms with Gasteiger partial charge in [0.2, 0.25) is 0 Å². The van der Waals surface area contributed by atoms with Gasteiger partial charge in [0.25, 0.3) is 0 Å². The van der Waals surface area contributed by atoms with Crippen molar-refractivity contribution in [3.63, 3.8) is 0 Å². The molecule has 0 fully saturated rings. The number of halogens is 1. The number of hydrogen-bond acceptors (Lipinski definition) is 3. The predicted octanol–water partition coefficient (Wildman–Crippen LogP) is 3.52. The maximum Gasteiger partial charge on any atom is 0.0612 e. The van der Waals surface area contributed by atoms with Crippen LogP contribution in [0.25, 0.3) is 0 Å². The second-order valence-electron chi connectivity index (χ2n) is 4.45. The quantitative estimate of drug-likeness (QED) is 0.886. The molecule has 0 aliphatic rings. The van der Waals surface area contributed by atoms with E-state index in [9.17, 15) is 0 Å². The molecule has 0 spiro atoms. The number of rotatable bonds is 5. The van der Waals surface area contributed by atoms with E-state index in [0.717, 1.165) is 28.7 Å². The third-order valence-corrected chi connectivity index (χ3v) is 3.47. The number of nitrogens with two attached hydrogens (primary N) is 1. The van der Waals surface area contributed by atoms with Gasteiger partial charge in [-0.3, -0.25) is 4.98 Å². The SMILES string of the molecule is CCCNC(c1cccc(Br)c1)c1cnccc1N. The average molecular weight is 320 g/mol. The summed E-state index contributed by atoms with van der Waals surface area (Å²) >= 11 is 3.52. The van der Waals surface area contributed by atoms with Crippen LogP contribution in [-0.4, -0.2) is 11.5 Å². The van der Waals surface area contributed by atoms with Gasteiger partial charge in [-0.2, -0.15) is 0 Å². The van der Waals surface area contributed by atoms with Gasteiger partial charge in [-0.05, 0) is 36.7 Å². The first-order valence-electron chi connectivity index (χ1n) is 6.40. The Morgan fingerprint density at radius 2 is 2.21 bits per heavy atom. The van der Waals surface area contributed by atoms with Crippen LogP contribution >= 0.6 is 15.9 Å². The second-order valence-corrected chi connectivity index (χ2v) is 5.36. The summed E-state index contributed by atoms with van der Waals surface area (Å²) in [4.78, 5) is 4.19. The van der Waals surface area contributed by atoms with Gasteiger partial charge in [-0.25, -0.2) is 0 Å². The summed E-state index contributed by atoms with van der Waals surface area (Å²) in [5, 5.41) is 3.53. The van der Waals surface area contributed by atoms with Crippen LogP contribution in [0.1, 0.15) is 30.5 Å². The summed E-state index contributed by atoms with van der Waals surface area (Å²) in [7, 11) is 0. The van der Waals surface area contributed by atoms with E-state index in [0.29, 0.717) is 0 Å². The Bertz CT molecular complexity index is 542. The Morgan fingerprint density at radius 3 is 2.89 bits per heavy atom. The second kappa shape index (κ2) is 6.68. The maximum atomic E-state index is 6.08. The summed E-state index contributed by atoms with van der Waals surface area (Å²) in [6, 6.07) is 10.2. The number of nitrogen functional groups attached to an aromatic ring is 1. The van der Waals surface area contributed by atoms with Gasteiger partial charge < -0.3 is 11.1 Å². The molecule has 0 amide bonds. The summed E-state index contributed by atoms with van der Waals surface area (Å²) in [5.74, 6) is 0. The van der Waals surface area contributed by atoms with Crippen LogP contribution in [-0.2, 0) is 0 Å². The molecule has 0 bridgehead atoms. The number of hydrogen-bond donors (Lipinski definition) is 2. The number of aromatic nitrogens is 1. The molecule has 3 N–H and O–H groups in total. The molecule has 19 heavy (non-hydrogen) atoms. The van der Waals surface area contributed by atoms with E-state index in [2.05, 4.69) is 45.3 Å². The van der Waals surface area contributed by atoms with Crippen molar-refractivity contribution in [3.8, 4) is 0 Å². The zero-order chi connectivity index (χ0) is 13.7. The Labute approximate surface area is 122 Å². The number of nitrogens with one attached hydrogen (secondary N) is 1. The molecule has 1 aromatic heterocycles. The van der Waals surface area contributed by atoms with Crippen molar-refractivity contribution in [3.05, 3.63) is 58.3 Å². The molecule has 100 valence electrons. The Hall–Kier alpha value is -1.39. The maximum absolute atomic E-state index is 6.08. The van der Waals surface area contributed by atoms with Crippen LogP contribution in [0.4, 0.5) is 5.69 Å². The smallest absolute Gasteiger partial charge is 0.0612 e. The molecule has 3 nitrogen and oxygen atoms in total. The van der Waals surface area contributed by atoms with E-state index in [1.54, 1.807) is 6.20 Å². The monoisotopic (exact) mass is 319 g/mol. The highest BCUT2D eigenvalue weighted by atomic mass is 79.9. The first-order chi connectivity index (χ1) is 9.22. The fourth-order valence-corrected chi connectivity index (χ4v) is 2.46. The summed E-state index contributed by atoms with van der Waals surface area (Å²) < 4.78 is 1.07. The number of benzene rings is 1. The van der Waals surface area contributed by atoms with Crippen molar-refractivity contribution in [2.75, 3.05) is 12.3 Å². The fourth-order valence-electron chi connectivity index (χ4n) is 2.04. The average Bonchev–Trinajstić information content (AvgIpc) is 2.41. The lowest BCUT2D eigenvalue weighted by Gasteiger charge is -2.21. The first-order valence-corrected chi connectivity index (χ1v) is 7.20. The largest absolute Gasteiger partial charge is 0.398 e. The van der Waals surface area contributed by atoms with Crippen LogP contribution in [0.3, 0.4) is 0 Å². The van der Waals surface area contributed by atoms with E-state index >= 15 is 0 Å². The van der Waals surface area contributed by atoms with Gasteiger partial charge >= 0.3 is 0 Å². The molecular formula is C15H18BrN3. The number of pyridine rings is 1. The summed E-state index contributed by atoms with van der Waals surface area (Å²) in [5.41, 5.74) is 9.05. The van der Waals surface area contributed by atoms with Gasteiger partial charge in [0.15, 0.2) is 0 Å². The minimum Gasteiger partial charge on any atom is -0.398 e. The molecule has 0 aliphatic carbocycles. The summed E-state index contributed by atoms with van der Waals surface area (Å²) in [6.07, 6.45) is 4.63. The van der Waals surface area contributed by atoms with Crippen LogP contribution in [0.5, 0.6) is 0 Å². The van der Waals surface area contributed by atoms with Gasteiger partial charge in [-0.1, -0.05) is 35.0 Å². The van der Waals surface area contributed by atoms with Crippen molar-refractivity contribution >= 4 is 21.6 Å². The highest BCUT2D eigenvalue weighted by molar-refractivity contribution is 9.10. The molecule has 4 heteroatoms. The zero-order valence-corrected chi connectivity index (χ0v) is 12.5. The molecule has 1 atom stereocenters. The van der Waals surface area contributed by atoms with Gasteiger partial charge in [0.05, 0.1) is 6.04 Å². The zero-order valence-electron chi connectivity index (χ0n) is 10.9. The standard InChI is InChI=1S/C15H18BrN3/c1-2-7-19-15(11-4-3-5-12(16)9-11)13-10-18-8-6-14(13)17/h3-6,8-10,15,19H,2,7H2,1H3,(H2,17,18). The number of nitrogens with zero attached hydrogens (tertiary/aromatic N) is 1. The molecule has 2 rings (SSSR count). The van der Waals surface area contributed by atoms with Crippen molar-refractivity contribution in [2.45, 2.75) is 19.4 Å². The van der Waals surface area contributed by atoms with Crippen LogP contribution in [0, 0.1) is 0 Å². The van der Waals surface area contributed by atoms with Crippen molar-refractivity contribution in [1.82, 2.24) is 10.3 Å². The third-order valence-electron chi connectivity index (χ3n) is 2.98. The Morgan fingerprint density at radius 1 is 1.37 bits per heavy atom. The minimum absolute atomic E-state index is 0.0751. The fraction of sp³-hybridized carbons (Fsp3) is 0.267. The third kappa shape index (κ3) is 3.55. The molecule has 1 aromatic carbocycles. The topological polar surface area (TPSA) is 50.9 Å². The van der Waals surface area contributed by atoms with Gasteiger partial charge in [0, 0.05) is 28.1 Å². The molecule has 0 saturated carbocycles. The molecule has 0 aliphatic heterocycles. The van der Waals surface area contributed by atoms with E-state index in [-0.39, 0.29) is 6.04 Å². The normalized spacial score (nSPS) is 12.3. The lowest BCUT2D eigenvalue weighted by molar-refractivity contribution is 0.598. The molecule has 2 aromatic rings. The van der Waals surface area contributed by atoms with Crippen LogP contribution in [0.2, 0.25) is 0 Å². The lowest BCUT2D eigenvalue weighted by Crippen LogP contribution is -2.24. The van der Waals surface area contributed by atoms with Crippen molar-refractivity contribution < 1.29 is 0 Å². The Balaban J connectivity index is 2.38. The van der Waals surface area contributed by atoms with Gasteiger partial charge in [0.1, 0.15) is 0 Å². The van der Waals surface area contributed by atoms with Gasteiger partial charge in [-0.15, -0.1) is 0 Å². The summed E-state index contributed by atoms with van der Waals surface area (Å²) in [6.45, 7) is 3.09. The minimum atomic E-state index is 0.0751. The molecule has 1 heterocycles. The molecule has 0 saturated heterocycles. The predicted molar refractivity (Wildman–Crippen MR) is 82.9 cm³/mol. The highest BCUT2D eigenvalue weighted by Crippen LogP contribution is 2.27. The van der Waals surface area contributed by atoms with Crippen molar-refractivity contribution in [1.29, 1.82) is 0 Å². The van der Waals surface area contributed by atoms with E-state index < -0.39 is 0 Å². The molecular weight excluding hydrogens is 302 g/mol. The highest BCUT2D eigenvalue weighted by Gasteiger charge is 2.16.